The van der Waals surface area contributed by atoms with E-state index in [1.807, 2.05) is 0 Å². The molecule has 0 saturated heterocycles. The van der Waals surface area contributed by atoms with Gasteiger partial charge in [-0.3, -0.25) is 0 Å². The van der Waals surface area contributed by atoms with E-state index < -0.39 is 0 Å². The molecule has 18 heavy (non-hydrogen) atoms. The third kappa shape index (κ3) is 4.34. The summed E-state index contributed by atoms with van der Waals surface area (Å²) in [6.45, 7) is 10.2. The van der Waals surface area contributed by atoms with Gasteiger partial charge in [-0.15, -0.1) is 0 Å². The summed E-state index contributed by atoms with van der Waals surface area (Å²) in [5.74, 6) is 1.03. The maximum atomic E-state index is 5.91. The zero-order valence-corrected chi connectivity index (χ0v) is 12.3. The molecule has 0 unspecified atom stereocenters. The van der Waals surface area contributed by atoms with Crippen LogP contribution in [0.2, 0.25) is 0 Å². The van der Waals surface area contributed by atoms with Crippen molar-refractivity contribution >= 4 is 0 Å². The van der Waals surface area contributed by atoms with Gasteiger partial charge >= 0.3 is 0 Å². The van der Waals surface area contributed by atoms with Crippen molar-refractivity contribution in [1.29, 1.82) is 0 Å². The Hall–Kier alpha value is -1.02. The van der Waals surface area contributed by atoms with Crippen LogP contribution < -0.4 is 10.5 Å². The summed E-state index contributed by atoms with van der Waals surface area (Å²) >= 11 is 0. The smallest absolute Gasteiger partial charge is 0.123 e. The second-order valence-corrected chi connectivity index (χ2v) is 5.82. The van der Waals surface area contributed by atoms with Crippen LogP contribution in [0.25, 0.3) is 0 Å². The van der Waals surface area contributed by atoms with Crippen LogP contribution >= 0.6 is 0 Å². The number of hydrogen-bond donors (Lipinski definition) is 1. The highest BCUT2D eigenvalue weighted by Gasteiger charge is 2.19. The van der Waals surface area contributed by atoms with Gasteiger partial charge in [0.1, 0.15) is 5.75 Å². The Bertz CT molecular complexity index is 366. The van der Waals surface area contributed by atoms with Crippen molar-refractivity contribution in [1.82, 2.24) is 0 Å². The Morgan fingerprint density at radius 2 is 1.94 bits per heavy atom. The van der Waals surface area contributed by atoms with Crippen LogP contribution in [0.4, 0.5) is 0 Å². The summed E-state index contributed by atoms with van der Waals surface area (Å²) in [5.41, 5.74) is 8.26. The second-order valence-electron chi connectivity index (χ2n) is 5.82. The first-order chi connectivity index (χ1) is 8.49. The zero-order valence-electron chi connectivity index (χ0n) is 12.3. The number of nitrogens with two attached hydrogens (primary N) is 1. The first-order valence-electron chi connectivity index (χ1n) is 6.95. The number of benzene rings is 1. The van der Waals surface area contributed by atoms with Gasteiger partial charge in [0.15, 0.2) is 0 Å². The summed E-state index contributed by atoms with van der Waals surface area (Å²) in [5, 5.41) is 0. The fraction of sp³-hybridized carbons (Fsp3) is 0.625. The average molecular weight is 249 g/mol. The van der Waals surface area contributed by atoms with Crippen LogP contribution in [0.5, 0.6) is 5.75 Å². The van der Waals surface area contributed by atoms with Crippen molar-refractivity contribution in [2.24, 2.45) is 5.73 Å². The molecule has 0 aliphatic heterocycles. The monoisotopic (exact) mass is 249 g/mol. The Morgan fingerprint density at radius 3 is 2.50 bits per heavy atom. The summed E-state index contributed by atoms with van der Waals surface area (Å²) in [6.07, 6.45) is 3.18. The molecule has 2 nitrogen and oxygen atoms in total. The fourth-order valence-corrected chi connectivity index (χ4v) is 2.02. The second kappa shape index (κ2) is 6.79. The average Bonchev–Trinajstić information content (AvgIpc) is 2.28. The summed E-state index contributed by atoms with van der Waals surface area (Å²) < 4.78 is 5.91. The molecule has 0 bridgehead atoms. The van der Waals surface area contributed by atoms with Gasteiger partial charge in [0, 0.05) is 0 Å². The van der Waals surface area contributed by atoms with E-state index in [9.17, 15) is 0 Å². The maximum absolute atomic E-state index is 5.91. The molecule has 0 radical (unpaired) electrons. The van der Waals surface area contributed by atoms with Gasteiger partial charge in [0.25, 0.3) is 0 Å². The van der Waals surface area contributed by atoms with Gasteiger partial charge in [-0.25, -0.2) is 0 Å². The molecule has 0 aromatic heterocycles. The van der Waals surface area contributed by atoms with Crippen molar-refractivity contribution in [2.75, 3.05) is 13.2 Å². The van der Waals surface area contributed by atoms with Crippen molar-refractivity contribution in [3.63, 3.8) is 0 Å². The van der Waals surface area contributed by atoms with E-state index in [0.29, 0.717) is 13.2 Å². The van der Waals surface area contributed by atoms with Crippen molar-refractivity contribution in [3.8, 4) is 5.75 Å². The fourth-order valence-electron chi connectivity index (χ4n) is 2.02. The standard InChI is InChI=1S/C16H27NO/c1-5-7-13-8-9-14(16(2,3)4)15(12-13)18-11-6-10-17/h8-9,12H,5-7,10-11,17H2,1-4H3. The van der Waals surface area contributed by atoms with E-state index >= 15 is 0 Å². The minimum absolute atomic E-state index is 0.114. The van der Waals surface area contributed by atoms with E-state index in [1.54, 1.807) is 0 Å². The minimum Gasteiger partial charge on any atom is -0.493 e. The summed E-state index contributed by atoms with van der Waals surface area (Å²) in [7, 11) is 0. The third-order valence-electron chi connectivity index (χ3n) is 3.00. The molecule has 1 rings (SSSR count). The largest absolute Gasteiger partial charge is 0.493 e. The molecule has 0 heterocycles. The molecule has 0 saturated carbocycles. The van der Waals surface area contributed by atoms with Gasteiger partial charge < -0.3 is 10.5 Å². The predicted molar refractivity (Wildman–Crippen MR) is 78.3 cm³/mol. The summed E-state index contributed by atoms with van der Waals surface area (Å²) in [4.78, 5) is 0. The molecule has 1 aromatic carbocycles. The highest BCUT2D eigenvalue weighted by Crippen LogP contribution is 2.32. The molecule has 0 atom stereocenters. The van der Waals surface area contributed by atoms with E-state index in [-0.39, 0.29) is 5.41 Å². The number of ether oxygens (including phenoxy) is 1. The number of hydrogen-bond acceptors (Lipinski definition) is 2. The number of aryl methyl sites for hydroxylation is 1. The van der Waals surface area contributed by atoms with Crippen LogP contribution in [0.3, 0.4) is 0 Å². The minimum atomic E-state index is 0.114. The van der Waals surface area contributed by atoms with Crippen LogP contribution in [-0.2, 0) is 11.8 Å². The Kier molecular flexibility index (Phi) is 5.67. The highest BCUT2D eigenvalue weighted by atomic mass is 16.5. The molecular weight excluding hydrogens is 222 g/mol. The molecule has 0 fully saturated rings. The van der Waals surface area contributed by atoms with Crippen molar-refractivity contribution in [3.05, 3.63) is 29.3 Å². The van der Waals surface area contributed by atoms with Crippen molar-refractivity contribution < 1.29 is 4.74 Å². The Labute approximate surface area is 112 Å². The molecule has 1 aromatic rings. The Morgan fingerprint density at radius 1 is 1.22 bits per heavy atom. The van der Waals surface area contributed by atoms with Gasteiger partial charge in [0.05, 0.1) is 6.61 Å². The lowest BCUT2D eigenvalue weighted by atomic mass is 9.85. The van der Waals surface area contributed by atoms with E-state index in [1.165, 1.54) is 11.1 Å². The molecule has 102 valence electrons. The van der Waals surface area contributed by atoms with E-state index in [0.717, 1.165) is 25.0 Å². The van der Waals surface area contributed by atoms with Gasteiger partial charge in [0.2, 0.25) is 0 Å². The van der Waals surface area contributed by atoms with Crippen molar-refractivity contribution in [2.45, 2.75) is 52.4 Å². The molecule has 2 heteroatoms. The third-order valence-corrected chi connectivity index (χ3v) is 3.00. The molecular formula is C16H27NO. The summed E-state index contributed by atoms with van der Waals surface area (Å²) in [6, 6.07) is 6.63. The number of rotatable bonds is 6. The highest BCUT2D eigenvalue weighted by molar-refractivity contribution is 5.41. The normalized spacial score (nSPS) is 11.6. The molecule has 2 N–H and O–H groups in total. The van der Waals surface area contributed by atoms with Gasteiger partial charge in [-0.2, -0.15) is 0 Å². The van der Waals surface area contributed by atoms with Crippen LogP contribution in [0.15, 0.2) is 18.2 Å². The first-order valence-corrected chi connectivity index (χ1v) is 6.95. The lowest BCUT2D eigenvalue weighted by Crippen LogP contribution is -2.15. The topological polar surface area (TPSA) is 35.2 Å². The van der Waals surface area contributed by atoms with E-state index in [2.05, 4.69) is 45.9 Å². The molecule has 0 amide bonds. The van der Waals surface area contributed by atoms with Crippen LogP contribution in [0, 0.1) is 0 Å². The lowest BCUT2D eigenvalue weighted by molar-refractivity contribution is 0.304. The molecule has 0 spiro atoms. The maximum Gasteiger partial charge on any atom is 0.123 e. The SMILES string of the molecule is CCCc1ccc(C(C)(C)C)c(OCCCN)c1. The predicted octanol–water partition coefficient (Wildman–Crippen LogP) is 3.66. The van der Waals surface area contributed by atoms with Crippen LogP contribution in [0.1, 0.15) is 51.7 Å². The van der Waals surface area contributed by atoms with E-state index in [4.69, 9.17) is 10.5 Å². The van der Waals surface area contributed by atoms with Crippen LogP contribution in [-0.4, -0.2) is 13.2 Å². The molecule has 0 aliphatic carbocycles. The quantitative estimate of drug-likeness (QED) is 0.781. The molecule has 0 aliphatic rings. The lowest BCUT2D eigenvalue weighted by Gasteiger charge is -2.23. The first kappa shape index (κ1) is 15.0. The zero-order chi connectivity index (χ0) is 13.6. The van der Waals surface area contributed by atoms with Gasteiger partial charge in [-0.1, -0.05) is 46.2 Å². The van der Waals surface area contributed by atoms with Gasteiger partial charge in [-0.05, 0) is 42.0 Å². The Balaban J connectivity index is 2.94.